The maximum Gasteiger partial charge on any atom is 0.228 e. The minimum Gasteiger partial charge on any atom is -0.308 e. The summed E-state index contributed by atoms with van der Waals surface area (Å²) in [5.41, 5.74) is 1.16. The number of sulfone groups is 1. The van der Waals surface area contributed by atoms with Crippen LogP contribution in [0.3, 0.4) is 0 Å². The minimum absolute atomic E-state index is 0.0894. The predicted octanol–water partition coefficient (Wildman–Crippen LogP) is 1.15. The molecule has 0 aliphatic carbocycles. The van der Waals surface area contributed by atoms with Crippen LogP contribution in [0.25, 0.3) is 0 Å². The van der Waals surface area contributed by atoms with Crippen LogP contribution in [-0.2, 0) is 16.4 Å². The average molecular weight is 264 g/mol. The molecule has 0 saturated heterocycles. The van der Waals surface area contributed by atoms with E-state index in [2.05, 4.69) is 4.98 Å². The Kier molecular flexibility index (Phi) is 3.29. The lowest BCUT2D eigenvalue weighted by molar-refractivity contribution is 0.111. The molecule has 2 aromatic rings. The highest BCUT2D eigenvalue weighted by Crippen LogP contribution is 2.13. The highest BCUT2D eigenvalue weighted by molar-refractivity contribution is 7.90. The van der Waals surface area contributed by atoms with Gasteiger partial charge in [0, 0.05) is 6.26 Å². The number of carbonyl (C=O) groups is 1. The standard InChI is InChI=1S/C12H12N2O3S/c1-18(16,17)12-13-7-11(9-15)14(12)8-10-5-3-2-4-6-10/h2-7,9H,8H2,1H3. The molecule has 0 atom stereocenters. The Morgan fingerprint density at radius 1 is 1.28 bits per heavy atom. The maximum atomic E-state index is 11.6. The summed E-state index contributed by atoms with van der Waals surface area (Å²) in [6, 6.07) is 9.30. The lowest BCUT2D eigenvalue weighted by Crippen LogP contribution is -2.12. The highest BCUT2D eigenvalue weighted by atomic mass is 32.2. The SMILES string of the molecule is CS(=O)(=O)c1ncc(C=O)n1Cc1ccccc1. The molecule has 2 rings (SSSR count). The zero-order valence-electron chi connectivity index (χ0n) is 9.78. The first-order valence-electron chi connectivity index (χ1n) is 5.27. The number of benzene rings is 1. The fraction of sp³-hybridized carbons (Fsp3) is 0.167. The van der Waals surface area contributed by atoms with Crippen molar-refractivity contribution in [3.63, 3.8) is 0 Å². The number of hydrogen-bond acceptors (Lipinski definition) is 4. The van der Waals surface area contributed by atoms with Crippen molar-refractivity contribution in [2.24, 2.45) is 0 Å². The third-order valence-electron chi connectivity index (χ3n) is 2.49. The van der Waals surface area contributed by atoms with E-state index in [-0.39, 0.29) is 10.9 Å². The van der Waals surface area contributed by atoms with Gasteiger partial charge in [-0.3, -0.25) is 4.79 Å². The van der Waals surface area contributed by atoms with Gasteiger partial charge < -0.3 is 4.57 Å². The molecule has 0 fully saturated rings. The van der Waals surface area contributed by atoms with Crippen molar-refractivity contribution < 1.29 is 13.2 Å². The quantitative estimate of drug-likeness (QED) is 0.777. The number of imidazole rings is 1. The third-order valence-corrected chi connectivity index (χ3v) is 3.47. The Hall–Kier alpha value is -1.95. The van der Waals surface area contributed by atoms with Crippen molar-refractivity contribution in [2.75, 3.05) is 6.26 Å². The van der Waals surface area contributed by atoms with Crippen LogP contribution < -0.4 is 0 Å². The van der Waals surface area contributed by atoms with E-state index in [0.29, 0.717) is 12.8 Å². The van der Waals surface area contributed by atoms with Gasteiger partial charge in [-0.1, -0.05) is 30.3 Å². The van der Waals surface area contributed by atoms with Crippen LogP contribution in [-0.4, -0.2) is 30.5 Å². The number of carbonyl (C=O) groups excluding carboxylic acids is 1. The molecule has 0 spiro atoms. The van der Waals surface area contributed by atoms with Crippen molar-refractivity contribution in [1.82, 2.24) is 9.55 Å². The number of rotatable bonds is 4. The molecule has 0 aliphatic heterocycles. The van der Waals surface area contributed by atoms with Gasteiger partial charge in [-0.05, 0) is 5.56 Å². The van der Waals surface area contributed by atoms with Crippen molar-refractivity contribution >= 4 is 16.1 Å². The number of nitrogens with zero attached hydrogens (tertiary/aromatic N) is 2. The molecule has 0 aliphatic rings. The summed E-state index contributed by atoms with van der Waals surface area (Å²) in [5, 5.41) is -0.0894. The van der Waals surface area contributed by atoms with Crippen molar-refractivity contribution in [1.29, 1.82) is 0 Å². The molecular weight excluding hydrogens is 252 g/mol. The summed E-state index contributed by atoms with van der Waals surface area (Å²) in [6.45, 7) is 0.303. The summed E-state index contributed by atoms with van der Waals surface area (Å²) < 4.78 is 24.5. The van der Waals surface area contributed by atoms with E-state index in [1.54, 1.807) is 0 Å². The van der Waals surface area contributed by atoms with E-state index in [1.165, 1.54) is 10.8 Å². The molecule has 1 aromatic carbocycles. The van der Waals surface area contributed by atoms with Gasteiger partial charge in [0.15, 0.2) is 6.29 Å². The molecule has 0 bridgehead atoms. The smallest absolute Gasteiger partial charge is 0.228 e. The fourth-order valence-corrected chi connectivity index (χ4v) is 2.50. The molecule has 0 amide bonds. The second kappa shape index (κ2) is 4.73. The maximum absolute atomic E-state index is 11.6. The van der Waals surface area contributed by atoms with Gasteiger partial charge in [-0.25, -0.2) is 13.4 Å². The molecule has 1 aromatic heterocycles. The molecule has 5 nitrogen and oxygen atoms in total. The van der Waals surface area contributed by atoms with E-state index in [0.717, 1.165) is 11.8 Å². The average Bonchev–Trinajstić information content (AvgIpc) is 2.73. The van der Waals surface area contributed by atoms with Gasteiger partial charge in [0.25, 0.3) is 0 Å². The van der Waals surface area contributed by atoms with Crippen LogP contribution in [0.5, 0.6) is 0 Å². The van der Waals surface area contributed by atoms with Gasteiger partial charge in [0.1, 0.15) is 5.69 Å². The largest absolute Gasteiger partial charge is 0.308 e. The first kappa shape index (κ1) is 12.5. The summed E-state index contributed by atoms with van der Waals surface area (Å²) in [7, 11) is -3.45. The summed E-state index contributed by atoms with van der Waals surface area (Å²) in [4.78, 5) is 14.7. The zero-order chi connectivity index (χ0) is 13.2. The summed E-state index contributed by atoms with van der Waals surface area (Å²) >= 11 is 0. The minimum atomic E-state index is -3.45. The number of hydrogen-bond donors (Lipinski definition) is 0. The summed E-state index contributed by atoms with van der Waals surface area (Å²) in [5.74, 6) is 0. The van der Waals surface area contributed by atoms with E-state index in [1.807, 2.05) is 30.3 Å². The molecular formula is C12H12N2O3S. The molecule has 18 heavy (non-hydrogen) atoms. The van der Waals surface area contributed by atoms with E-state index >= 15 is 0 Å². The van der Waals surface area contributed by atoms with Gasteiger partial charge >= 0.3 is 0 Å². The van der Waals surface area contributed by atoms with Gasteiger partial charge in [0.2, 0.25) is 15.0 Å². The molecule has 0 saturated carbocycles. The molecule has 0 unspecified atom stereocenters. The topological polar surface area (TPSA) is 69.0 Å². The molecule has 94 valence electrons. The van der Waals surface area contributed by atoms with E-state index < -0.39 is 9.84 Å². The lowest BCUT2D eigenvalue weighted by atomic mass is 10.2. The fourth-order valence-electron chi connectivity index (χ4n) is 1.69. The van der Waals surface area contributed by atoms with E-state index in [4.69, 9.17) is 0 Å². The lowest BCUT2D eigenvalue weighted by Gasteiger charge is -2.08. The second-order valence-electron chi connectivity index (χ2n) is 3.93. The van der Waals surface area contributed by atoms with Crippen LogP contribution in [0.1, 0.15) is 16.1 Å². The Labute approximate surface area is 105 Å². The first-order chi connectivity index (χ1) is 8.52. The Bertz CT molecular complexity index is 660. The van der Waals surface area contributed by atoms with Gasteiger partial charge in [-0.2, -0.15) is 0 Å². The molecule has 1 heterocycles. The Balaban J connectivity index is 2.49. The van der Waals surface area contributed by atoms with Crippen LogP contribution in [0, 0.1) is 0 Å². The monoisotopic (exact) mass is 264 g/mol. The number of aromatic nitrogens is 2. The molecule has 0 radical (unpaired) electrons. The summed E-state index contributed by atoms with van der Waals surface area (Å²) in [6.07, 6.45) is 2.95. The Morgan fingerprint density at radius 3 is 2.50 bits per heavy atom. The van der Waals surface area contributed by atoms with Crippen molar-refractivity contribution in [3.05, 3.63) is 47.8 Å². The van der Waals surface area contributed by atoms with Crippen LogP contribution in [0.4, 0.5) is 0 Å². The molecule has 6 heteroatoms. The van der Waals surface area contributed by atoms with Crippen LogP contribution >= 0.6 is 0 Å². The highest BCUT2D eigenvalue weighted by Gasteiger charge is 2.18. The third kappa shape index (κ3) is 2.48. The number of aldehydes is 1. The zero-order valence-corrected chi connectivity index (χ0v) is 10.6. The van der Waals surface area contributed by atoms with Crippen molar-refractivity contribution in [2.45, 2.75) is 11.7 Å². The second-order valence-corrected chi connectivity index (χ2v) is 5.84. The van der Waals surface area contributed by atoms with Crippen LogP contribution in [0.2, 0.25) is 0 Å². The normalized spacial score (nSPS) is 11.4. The van der Waals surface area contributed by atoms with Gasteiger partial charge in [0.05, 0.1) is 12.7 Å². The van der Waals surface area contributed by atoms with Crippen molar-refractivity contribution in [3.8, 4) is 0 Å². The molecule has 0 N–H and O–H groups in total. The Morgan fingerprint density at radius 2 is 1.94 bits per heavy atom. The predicted molar refractivity (Wildman–Crippen MR) is 66.3 cm³/mol. The first-order valence-corrected chi connectivity index (χ1v) is 7.16. The van der Waals surface area contributed by atoms with E-state index in [9.17, 15) is 13.2 Å². The van der Waals surface area contributed by atoms with Gasteiger partial charge in [-0.15, -0.1) is 0 Å². The van der Waals surface area contributed by atoms with Crippen LogP contribution in [0.15, 0.2) is 41.7 Å².